The highest BCUT2D eigenvalue weighted by molar-refractivity contribution is 5.85. The molecule has 2 aliphatic heterocycles. The lowest BCUT2D eigenvalue weighted by molar-refractivity contribution is -0.100. The molecule has 1 fully saturated rings. The van der Waals surface area contributed by atoms with Crippen molar-refractivity contribution in [2.45, 2.75) is 44.1 Å². The quantitative estimate of drug-likeness (QED) is 0.490. The van der Waals surface area contributed by atoms with Gasteiger partial charge in [0.2, 0.25) is 0 Å². The van der Waals surface area contributed by atoms with Gasteiger partial charge in [-0.05, 0) is 81.0 Å². The number of rotatable bonds is 8. The minimum absolute atomic E-state index is 0.116. The zero-order chi connectivity index (χ0) is 21.8. The van der Waals surface area contributed by atoms with Crippen LogP contribution in [0.3, 0.4) is 0 Å². The third-order valence-corrected chi connectivity index (χ3v) is 7.11. The molecule has 0 bridgehead atoms. The molecule has 1 saturated heterocycles. The molecule has 2 aliphatic rings. The maximum absolute atomic E-state index is 6.44. The molecular formula is C27H34N2O3. The lowest BCUT2D eigenvalue weighted by atomic mass is 9.83. The number of aromatic nitrogens is 1. The summed E-state index contributed by atoms with van der Waals surface area (Å²) in [6.45, 7) is 4.99. The van der Waals surface area contributed by atoms with E-state index in [9.17, 15) is 0 Å². The molecule has 0 unspecified atom stereocenters. The van der Waals surface area contributed by atoms with E-state index in [1.165, 1.54) is 35.0 Å². The van der Waals surface area contributed by atoms with E-state index < -0.39 is 0 Å². The molecule has 0 aliphatic carbocycles. The normalized spacial score (nSPS) is 18.0. The number of unbranched alkanes of at least 4 members (excludes halogenated alkanes) is 2. The number of benzene rings is 2. The highest BCUT2D eigenvalue weighted by Crippen LogP contribution is 2.43. The number of fused-ring (bicyclic) bond motifs is 4. The van der Waals surface area contributed by atoms with Crippen molar-refractivity contribution in [2.24, 2.45) is 0 Å². The molecule has 5 nitrogen and oxygen atoms in total. The van der Waals surface area contributed by atoms with Crippen molar-refractivity contribution in [1.82, 2.24) is 9.88 Å². The van der Waals surface area contributed by atoms with Crippen molar-refractivity contribution < 1.29 is 14.2 Å². The number of nitrogens with one attached hydrogen (secondary N) is 1. The molecule has 5 heteroatoms. The van der Waals surface area contributed by atoms with Gasteiger partial charge in [0.25, 0.3) is 0 Å². The number of piperidine rings is 1. The Kier molecular flexibility index (Phi) is 6.37. The van der Waals surface area contributed by atoms with Crippen LogP contribution in [0.25, 0.3) is 10.9 Å². The van der Waals surface area contributed by atoms with E-state index in [1.807, 2.05) is 24.3 Å². The van der Waals surface area contributed by atoms with Gasteiger partial charge in [0, 0.05) is 24.0 Å². The highest BCUT2D eigenvalue weighted by Gasteiger charge is 2.42. The van der Waals surface area contributed by atoms with Gasteiger partial charge in [0.1, 0.15) is 17.1 Å². The van der Waals surface area contributed by atoms with Crippen LogP contribution in [0.4, 0.5) is 0 Å². The Morgan fingerprint density at radius 2 is 1.75 bits per heavy atom. The maximum Gasteiger partial charge on any atom is 0.119 e. The van der Waals surface area contributed by atoms with E-state index in [-0.39, 0.29) is 5.60 Å². The smallest absolute Gasteiger partial charge is 0.119 e. The first kappa shape index (κ1) is 21.4. The third-order valence-electron chi connectivity index (χ3n) is 7.11. The van der Waals surface area contributed by atoms with Crippen LogP contribution in [-0.2, 0) is 16.8 Å². The summed E-state index contributed by atoms with van der Waals surface area (Å²) < 4.78 is 17.5. The van der Waals surface area contributed by atoms with Gasteiger partial charge in [-0.15, -0.1) is 0 Å². The first-order valence-electron chi connectivity index (χ1n) is 12.0. The molecule has 1 spiro atoms. The second-order valence-corrected chi connectivity index (χ2v) is 9.04. The van der Waals surface area contributed by atoms with Crippen LogP contribution in [0.1, 0.15) is 43.4 Å². The fraction of sp³-hybridized carbons (Fsp3) is 0.481. The fourth-order valence-corrected chi connectivity index (χ4v) is 5.28. The molecule has 2 aromatic carbocycles. The summed E-state index contributed by atoms with van der Waals surface area (Å²) in [5, 5.41) is 1.38. The summed E-state index contributed by atoms with van der Waals surface area (Å²) in [5.41, 5.74) is 3.97. The minimum atomic E-state index is -0.116. The molecule has 0 amide bonds. The molecule has 0 radical (unpaired) electrons. The van der Waals surface area contributed by atoms with Crippen molar-refractivity contribution in [2.75, 3.05) is 40.0 Å². The van der Waals surface area contributed by atoms with Crippen molar-refractivity contribution in [3.05, 3.63) is 59.8 Å². The fourth-order valence-electron chi connectivity index (χ4n) is 5.28. The second-order valence-electron chi connectivity index (χ2n) is 9.04. The molecule has 1 N–H and O–H groups in total. The molecule has 170 valence electrons. The highest BCUT2D eigenvalue weighted by atomic mass is 16.5. The molecule has 3 heterocycles. The van der Waals surface area contributed by atoms with Gasteiger partial charge in [-0.25, -0.2) is 0 Å². The zero-order valence-electron chi connectivity index (χ0n) is 19.1. The van der Waals surface area contributed by atoms with Gasteiger partial charge < -0.3 is 24.1 Å². The Morgan fingerprint density at radius 1 is 0.969 bits per heavy atom. The number of aromatic amines is 1. The third kappa shape index (κ3) is 4.37. The Labute approximate surface area is 190 Å². The van der Waals surface area contributed by atoms with E-state index >= 15 is 0 Å². The summed E-state index contributed by atoms with van der Waals surface area (Å²) in [5.74, 6) is 1.77. The summed E-state index contributed by atoms with van der Waals surface area (Å²) >= 11 is 0. The number of para-hydroxylation sites is 1. The van der Waals surface area contributed by atoms with E-state index in [2.05, 4.69) is 34.1 Å². The SMILES string of the molecule is COc1ccc(OCCCCCN2CCC3(CC2)OCCc2c3[nH]c3ccccc23)cc1. The van der Waals surface area contributed by atoms with Crippen LogP contribution in [-0.4, -0.2) is 49.8 Å². The molecule has 0 atom stereocenters. The topological polar surface area (TPSA) is 46.7 Å². The number of hydrogen-bond acceptors (Lipinski definition) is 4. The Bertz CT molecular complexity index is 1020. The van der Waals surface area contributed by atoms with Gasteiger partial charge in [0.15, 0.2) is 0 Å². The van der Waals surface area contributed by atoms with Gasteiger partial charge in [-0.1, -0.05) is 18.2 Å². The first-order chi connectivity index (χ1) is 15.8. The summed E-state index contributed by atoms with van der Waals surface area (Å²) in [6, 6.07) is 16.5. The maximum atomic E-state index is 6.44. The Morgan fingerprint density at radius 3 is 2.56 bits per heavy atom. The van der Waals surface area contributed by atoms with E-state index in [0.29, 0.717) is 0 Å². The molecule has 1 aromatic heterocycles. The average Bonchev–Trinajstić information content (AvgIpc) is 3.23. The van der Waals surface area contributed by atoms with Gasteiger partial charge in [-0.3, -0.25) is 0 Å². The summed E-state index contributed by atoms with van der Waals surface area (Å²) in [4.78, 5) is 6.32. The lowest BCUT2D eigenvalue weighted by Crippen LogP contribution is -2.46. The lowest BCUT2D eigenvalue weighted by Gasteiger charge is -2.43. The van der Waals surface area contributed by atoms with Crippen LogP contribution < -0.4 is 9.47 Å². The van der Waals surface area contributed by atoms with Crippen molar-refractivity contribution in [3.8, 4) is 11.5 Å². The van der Waals surface area contributed by atoms with E-state index in [1.54, 1.807) is 7.11 Å². The Hall–Kier alpha value is -2.50. The van der Waals surface area contributed by atoms with E-state index in [0.717, 1.165) is 70.0 Å². The predicted octanol–water partition coefficient (Wildman–Crippen LogP) is 5.29. The largest absolute Gasteiger partial charge is 0.497 e. The van der Waals surface area contributed by atoms with Crippen molar-refractivity contribution >= 4 is 10.9 Å². The molecule has 32 heavy (non-hydrogen) atoms. The first-order valence-corrected chi connectivity index (χ1v) is 12.0. The monoisotopic (exact) mass is 434 g/mol. The second kappa shape index (κ2) is 9.55. The van der Waals surface area contributed by atoms with Crippen LogP contribution in [0.15, 0.2) is 48.5 Å². The Balaban J connectivity index is 1.06. The minimum Gasteiger partial charge on any atom is -0.497 e. The number of hydrogen-bond donors (Lipinski definition) is 1. The number of nitrogens with zero attached hydrogens (tertiary/aromatic N) is 1. The van der Waals surface area contributed by atoms with Gasteiger partial charge >= 0.3 is 0 Å². The van der Waals surface area contributed by atoms with Crippen molar-refractivity contribution in [1.29, 1.82) is 0 Å². The molecule has 0 saturated carbocycles. The van der Waals surface area contributed by atoms with Gasteiger partial charge in [0.05, 0.1) is 26.0 Å². The average molecular weight is 435 g/mol. The molecule has 5 rings (SSSR count). The zero-order valence-corrected chi connectivity index (χ0v) is 19.1. The van der Waals surface area contributed by atoms with E-state index in [4.69, 9.17) is 14.2 Å². The van der Waals surface area contributed by atoms with Gasteiger partial charge in [-0.2, -0.15) is 0 Å². The number of methoxy groups -OCH3 is 1. The van der Waals surface area contributed by atoms with Crippen LogP contribution >= 0.6 is 0 Å². The van der Waals surface area contributed by atoms with Crippen LogP contribution in [0.2, 0.25) is 0 Å². The predicted molar refractivity (Wildman–Crippen MR) is 128 cm³/mol. The standard InChI is InChI=1S/C27H34N2O3/c1-30-21-9-11-22(12-10-21)31-19-6-2-5-16-29-17-14-27(15-18-29)26-24(13-20-32-27)23-7-3-4-8-25(23)28-26/h3-4,7-12,28H,2,5-6,13-20H2,1H3. The summed E-state index contributed by atoms with van der Waals surface area (Å²) in [7, 11) is 1.68. The van der Waals surface area contributed by atoms with Crippen LogP contribution in [0.5, 0.6) is 11.5 Å². The van der Waals surface area contributed by atoms with Crippen LogP contribution in [0, 0.1) is 0 Å². The summed E-state index contributed by atoms with van der Waals surface area (Å²) in [6.07, 6.45) is 6.67. The number of likely N-dealkylation sites (tertiary alicyclic amines) is 1. The van der Waals surface area contributed by atoms with Crippen molar-refractivity contribution in [3.63, 3.8) is 0 Å². The number of H-pyrrole nitrogens is 1. The number of ether oxygens (including phenoxy) is 3. The molecule has 3 aromatic rings. The molecular weight excluding hydrogens is 400 g/mol.